The molecular formula is C8H9N3O2. The van der Waals surface area contributed by atoms with Crippen LogP contribution in [0.25, 0.3) is 11.0 Å². The largest absolute Gasteiger partial charge is 0.483 e. The first-order chi connectivity index (χ1) is 6.29. The zero-order valence-corrected chi connectivity index (χ0v) is 6.77. The molecule has 0 atom stereocenters. The van der Waals surface area contributed by atoms with E-state index in [1.807, 2.05) is 12.3 Å². The van der Waals surface area contributed by atoms with E-state index >= 15 is 0 Å². The molecule has 0 fully saturated rings. The van der Waals surface area contributed by atoms with Crippen LogP contribution in [0.1, 0.15) is 0 Å². The minimum Gasteiger partial charge on any atom is -0.483 e. The molecule has 0 aliphatic carbocycles. The Morgan fingerprint density at radius 2 is 2.23 bits per heavy atom. The van der Waals surface area contributed by atoms with Crippen LogP contribution in [0.5, 0.6) is 0 Å². The van der Waals surface area contributed by atoms with Crippen molar-refractivity contribution in [3.05, 3.63) is 24.5 Å². The lowest BCUT2D eigenvalue weighted by Gasteiger charge is -1.91. The Bertz CT molecular complexity index is 397. The zero-order chi connectivity index (χ0) is 9.68. The molecule has 0 radical (unpaired) electrons. The number of fused-ring (bicyclic) bond motifs is 1. The molecule has 0 aromatic carbocycles. The summed E-state index contributed by atoms with van der Waals surface area (Å²) in [4.78, 5) is 15.5. The maximum absolute atomic E-state index is 8.36. The van der Waals surface area contributed by atoms with Gasteiger partial charge in [-0.25, -0.2) is 0 Å². The molecule has 4 N–H and O–H groups in total. The van der Waals surface area contributed by atoms with Crippen molar-refractivity contribution >= 4 is 23.2 Å². The van der Waals surface area contributed by atoms with Crippen molar-refractivity contribution in [1.29, 1.82) is 0 Å². The van der Waals surface area contributed by atoms with Crippen molar-refractivity contribution in [3.8, 4) is 0 Å². The number of nitrogen functional groups attached to an aromatic ring is 1. The second kappa shape index (κ2) is 4.10. The number of H-pyrrole nitrogens is 1. The number of anilines is 1. The number of nitrogens with two attached hydrogens (primary N) is 1. The highest BCUT2D eigenvalue weighted by Crippen LogP contribution is 2.14. The highest BCUT2D eigenvalue weighted by atomic mass is 16.3. The van der Waals surface area contributed by atoms with Crippen LogP contribution >= 0.6 is 0 Å². The fraction of sp³-hybridized carbons (Fsp3) is 0. The van der Waals surface area contributed by atoms with Gasteiger partial charge in [-0.15, -0.1) is 0 Å². The number of hydrogen-bond acceptors (Lipinski definition) is 3. The first-order valence-corrected chi connectivity index (χ1v) is 3.55. The molecule has 0 unspecified atom stereocenters. The SMILES string of the molecule is Nc1ccnc2cc[nH]c12.O=CO. The van der Waals surface area contributed by atoms with Crippen molar-refractivity contribution in [3.63, 3.8) is 0 Å². The highest BCUT2D eigenvalue weighted by Gasteiger charge is 1.95. The molecule has 0 saturated heterocycles. The Morgan fingerprint density at radius 1 is 1.54 bits per heavy atom. The van der Waals surface area contributed by atoms with Gasteiger partial charge in [-0.3, -0.25) is 9.78 Å². The standard InChI is InChI=1S/C7H7N3.CH2O2/c8-5-1-3-9-6-2-4-10-7(5)6;2-1-3/h1-4,10H,(H2,8,9);1H,(H,2,3). The molecule has 5 nitrogen and oxygen atoms in total. The lowest BCUT2D eigenvalue weighted by molar-refractivity contribution is -0.122. The van der Waals surface area contributed by atoms with E-state index in [-0.39, 0.29) is 6.47 Å². The summed E-state index contributed by atoms with van der Waals surface area (Å²) < 4.78 is 0. The lowest BCUT2D eigenvalue weighted by atomic mass is 10.3. The summed E-state index contributed by atoms with van der Waals surface area (Å²) in [6.45, 7) is -0.250. The summed E-state index contributed by atoms with van der Waals surface area (Å²) in [5.74, 6) is 0. The second-order valence-corrected chi connectivity index (χ2v) is 2.24. The van der Waals surface area contributed by atoms with E-state index in [0.29, 0.717) is 0 Å². The van der Waals surface area contributed by atoms with Crippen LogP contribution in [0.4, 0.5) is 5.69 Å². The summed E-state index contributed by atoms with van der Waals surface area (Å²) in [5, 5.41) is 6.89. The van der Waals surface area contributed by atoms with Gasteiger partial charge in [0.2, 0.25) is 0 Å². The maximum Gasteiger partial charge on any atom is 0.290 e. The highest BCUT2D eigenvalue weighted by molar-refractivity contribution is 5.86. The van der Waals surface area contributed by atoms with Gasteiger partial charge in [-0.05, 0) is 12.1 Å². The lowest BCUT2D eigenvalue weighted by Crippen LogP contribution is -1.86. The second-order valence-electron chi connectivity index (χ2n) is 2.24. The number of hydrogen-bond donors (Lipinski definition) is 3. The molecule has 2 heterocycles. The third kappa shape index (κ3) is 1.96. The average Bonchev–Trinajstić information content (AvgIpc) is 2.54. The average molecular weight is 179 g/mol. The molecule has 13 heavy (non-hydrogen) atoms. The predicted molar refractivity (Wildman–Crippen MR) is 49.2 cm³/mol. The molecule has 2 aromatic rings. The Balaban J connectivity index is 0.000000251. The minimum atomic E-state index is -0.250. The summed E-state index contributed by atoms with van der Waals surface area (Å²) >= 11 is 0. The first-order valence-electron chi connectivity index (χ1n) is 3.55. The van der Waals surface area contributed by atoms with Crippen molar-refractivity contribution in [2.45, 2.75) is 0 Å². The van der Waals surface area contributed by atoms with E-state index < -0.39 is 0 Å². The van der Waals surface area contributed by atoms with Crippen LogP contribution in [0.2, 0.25) is 0 Å². The minimum absolute atomic E-state index is 0.250. The third-order valence-electron chi connectivity index (χ3n) is 1.48. The predicted octanol–water partition coefficient (Wildman–Crippen LogP) is 0.846. The van der Waals surface area contributed by atoms with Gasteiger partial charge in [-0.1, -0.05) is 0 Å². The summed E-state index contributed by atoms with van der Waals surface area (Å²) in [7, 11) is 0. The molecule has 2 aromatic heterocycles. The van der Waals surface area contributed by atoms with Crippen molar-refractivity contribution in [1.82, 2.24) is 9.97 Å². The van der Waals surface area contributed by atoms with Gasteiger partial charge in [0.1, 0.15) is 0 Å². The van der Waals surface area contributed by atoms with Crippen molar-refractivity contribution in [2.75, 3.05) is 5.73 Å². The number of aromatic nitrogens is 2. The molecule has 68 valence electrons. The van der Waals surface area contributed by atoms with Gasteiger partial charge in [0.05, 0.1) is 16.7 Å². The normalized spacial score (nSPS) is 8.92. The fourth-order valence-electron chi connectivity index (χ4n) is 0.981. The van der Waals surface area contributed by atoms with Crippen molar-refractivity contribution in [2.24, 2.45) is 0 Å². The number of nitrogens with zero attached hydrogens (tertiary/aromatic N) is 1. The Morgan fingerprint density at radius 3 is 2.85 bits per heavy atom. The topological polar surface area (TPSA) is 92.0 Å². The summed E-state index contributed by atoms with van der Waals surface area (Å²) in [6.07, 6.45) is 3.53. The molecule has 0 aliphatic rings. The molecule has 5 heteroatoms. The molecule has 0 saturated carbocycles. The molecule has 0 aliphatic heterocycles. The Kier molecular flexibility index (Phi) is 2.86. The van der Waals surface area contributed by atoms with E-state index in [2.05, 4.69) is 9.97 Å². The van der Waals surface area contributed by atoms with E-state index in [1.54, 1.807) is 12.3 Å². The number of carboxylic acid groups (broad SMARTS) is 1. The van der Waals surface area contributed by atoms with E-state index in [1.165, 1.54) is 0 Å². The van der Waals surface area contributed by atoms with Crippen LogP contribution in [-0.2, 0) is 4.79 Å². The molecule has 2 rings (SSSR count). The number of rotatable bonds is 0. The van der Waals surface area contributed by atoms with Crippen LogP contribution in [0.3, 0.4) is 0 Å². The first kappa shape index (κ1) is 9.05. The van der Waals surface area contributed by atoms with Crippen LogP contribution < -0.4 is 5.73 Å². The van der Waals surface area contributed by atoms with Gasteiger partial charge in [0.15, 0.2) is 0 Å². The van der Waals surface area contributed by atoms with Crippen LogP contribution in [0, 0.1) is 0 Å². The Hall–Kier alpha value is -2.04. The van der Waals surface area contributed by atoms with Crippen LogP contribution in [0.15, 0.2) is 24.5 Å². The number of aromatic amines is 1. The fourth-order valence-corrected chi connectivity index (χ4v) is 0.981. The molecule has 0 amide bonds. The molecular weight excluding hydrogens is 170 g/mol. The van der Waals surface area contributed by atoms with Gasteiger partial charge >= 0.3 is 0 Å². The van der Waals surface area contributed by atoms with E-state index in [4.69, 9.17) is 15.6 Å². The zero-order valence-electron chi connectivity index (χ0n) is 6.77. The number of pyridine rings is 1. The smallest absolute Gasteiger partial charge is 0.290 e. The Labute approximate surface area is 74.2 Å². The van der Waals surface area contributed by atoms with Gasteiger partial charge < -0.3 is 15.8 Å². The number of carbonyl (C=O) groups is 1. The summed E-state index contributed by atoms with van der Waals surface area (Å²) in [5.41, 5.74) is 8.21. The van der Waals surface area contributed by atoms with Crippen LogP contribution in [-0.4, -0.2) is 21.5 Å². The molecule has 0 spiro atoms. The van der Waals surface area contributed by atoms with Gasteiger partial charge in [-0.2, -0.15) is 0 Å². The number of nitrogens with one attached hydrogen (secondary N) is 1. The van der Waals surface area contributed by atoms with Crippen molar-refractivity contribution < 1.29 is 9.90 Å². The monoisotopic (exact) mass is 179 g/mol. The van der Waals surface area contributed by atoms with E-state index in [0.717, 1.165) is 16.7 Å². The maximum atomic E-state index is 8.36. The van der Waals surface area contributed by atoms with Gasteiger partial charge in [0, 0.05) is 12.4 Å². The van der Waals surface area contributed by atoms with Gasteiger partial charge in [0.25, 0.3) is 6.47 Å². The summed E-state index contributed by atoms with van der Waals surface area (Å²) in [6, 6.07) is 3.67. The van der Waals surface area contributed by atoms with E-state index in [9.17, 15) is 0 Å². The molecule has 0 bridgehead atoms. The quantitative estimate of drug-likeness (QED) is 0.522. The third-order valence-corrected chi connectivity index (χ3v) is 1.48.